The Morgan fingerprint density at radius 2 is 2.40 bits per heavy atom. The highest BCUT2D eigenvalue weighted by Crippen LogP contribution is 2.15. The van der Waals surface area contributed by atoms with Crippen LogP contribution in [-0.4, -0.2) is 58.8 Å². The number of aliphatic hydroxyl groups excluding tert-OH is 1. The molecule has 0 radical (unpaired) electrons. The highest BCUT2D eigenvalue weighted by Gasteiger charge is 2.19. The van der Waals surface area contributed by atoms with Crippen molar-refractivity contribution in [2.24, 2.45) is 5.92 Å². The van der Waals surface area contributed by atoms with Crippen molar-refractivity contribution in [1.29, 1.82) is 0 Å². The van der Waals surface area contributed by atoms with Crippen LogP contribution in [0.2, 0.25) is 0 Å². The lowest BCUT2D eigenvalue weighted by molar-refractivity contribution is 0.0923. The van der Waals surface area contributed by atoms with E-state index in [0.29, 0.717) is 12.5 Å². The summed E-state index contributed by atoms with van der Waals surface area (Å²) in [6.45, 7) is 3.36. The number of piperidine rings is 1. The fraction of sp³-hybridized carbons (Fsp3) is 0.571. The molecule has 1 fully saturated rings. The maximum absolute atomic E-state index is 11.8. The van der Waals surface area contributed by atoms with E-state index in [-0.39, 0.29) is 24.0 Å². The summed E-state index contributed by atoms with van der Waals surface area (Å²) in [5.41, 5.74) is 0.0550. The molecule has 6 heteroatoms. The number of hydrogen-bond acceptors (Lipinski definition) is 5. The number of carbonyl (C=O) groups is 1. The molecular formula is C14H21N3O3. The van der Waals surface area contributed by atoms with E-state index in [0.717, 1.165) is 32.5 Å². The lowest BCUT2D eigenvalue weighted by Gasteiger charge is -2.31. The van der Waals surface area contributed by atoms with E-state index < -0.39 is 0 Å². The van der Waals surface area contributed by atoms with Gasteiger partial charge in [0.2, 0.25) is 0 Å². The molecule has 1 saturated heterocycles. The molecule has 6 nitrogen and oxygen atoms in total. The summed E-state index contributed by atoms with van der Waals surface area (Å²) in [5, 5.41) is 21.5. The van der Waals surface area contributed by atoms with Gasteiger partial charge in [-0.1, -0.05) is 0 Å². The molecule has 0 bridgehead atoms. The van der Waals surface area contributed by atoms with Gasteiger partial charge >= 0.3 is 0 Å². The highest BCUT2D eigenvalue weighted by molar-refractivity contribution is 5.94. The Hall–Kier alpha value is -1.66. The van der Waals surface area contributed by atoms with Crippen molar-refractivity contribution in [3.8, 4) is 5.75 Å². The van der Waals surface area contributed by atoms with Crippen LogP contribution in [0.3, 0.4) is 0 Å². The number of nitrogens with one attached hydrogen (secondary N) is 1. The van der Waals surface area contributed by atoms with Crippen LogP contribution in [-0.2, 0) is 0 Å². The molecule has 1 aromatic heterocycles. The van der Waals surface area contributed by atoms with E-state index in [4.69, 9.17) is 5.11 Å². The third-order valence-electron chi connectivity index (χ3n) is 3.58. The fourth-order valence-corrected chi connectivity index (χ4v) is 2.49. The van der Waals surface area contributed by atoms with Gasteiger partial charge in [0.15, 0.2) is 5.69 Å². The van der Waals surface area contributed by atoms with Gasteiger partial charge in [0.05, 0.1) is 0 Å². The number of pyridine rings is 1. The van der Waals surface area contributed by atoms with Crippen molar-refractivity contribution >= 4 is 5.91 Å². The van der Waals surface area contributed by atoms with Crippen molar-refractivity contribution in [2.75, 3.05) is 32.8 Å². The SMILES string of the molecule is O=C(NCCN1CCCC(CO)C1)c1ncccc1O. The lowest BCUT2D eigenvalue weighted by atomic mass is 9.99. The van der Waals surface area contributed by atoms with Gasteiger partial charge in [-0.25, -0.2) is 4.98 Å². The number of likely N-dealkylation sites (tertiary alicyclic amines) is 1. The predicted molar refractivity (Wildman–Crippen MR) is 74.5 cm³/mol. The maximum atomic E-state index is 11.8. The summed E-state index contributed by atoms with van der Waals surface area (Å²) >= 11 is 0. The van der Waals surface area contributed by atoms with Crippen LogP contribution in [0, 0.1) is 5.92 Å². The molecule has 0 aromatic carbocycles. The van der Waals surface area contributed by atoms with Crippen molar-refractivity contribution in [1.82, 2.24) is 15.2 Å². The quantitative estimate of drug-likeness (QED) is 0.718. The number of hydrogen-bond donors (Lipinski definition) is 3. The van der Waals surface area contributed by atoms with Crippen molar-refractivity contribution < 1.29 is 15.0 Å². The molecule has 0 aliphatic carbocycles. The van der Waals surface area contributed by atoms with Crippen molar-refractivity contribution in [2.45, 2.75) is 12.8 Å². The normalized spacial score (nSPS) is 19.8. The molecule has 1 atom stereocenters. The molecule has 3 N–H and O–H groups in total. The molecular weight excluding hydrogens is 258 g/mol. The standard InChI is InChI=1S/C14H21N3O3/c18-10-11-3-2-7-17(9-11)8-6-16-14(20)13-12(19)4-1-5-15-13/h1,4-5,11,18-19H,2-3,6-10H2,(H,16,20). The lowest BCUT2D eigenvalue weighted by Crippen LogP contribution is -2.41. The largest absolute Gasteiger partial charge is 0.505 e. The number of nitrogens with zero attached hydrogens (tertiary/aromatic N) is 2. The molecule has 1 unspecified atom stereocenters. The first kappa shape index (κ1) is 14.7. The van der Waals surface area contributed by atoms with Gasteiger partial charge in [-0.3, -0.25) is 4.79 Å². The maximum Gasteiger partial charge on any atom is 0.273 e. The molecule has 2 heterocycles. The Labute approximate surface area is 118 Å². The van der Waals surface area contributed by atoms with E-state index in [1.807, 2.05) is 0 Å². The van der Waals surface area contributed by atoms with Crippen LogP contribution >= 0.6 is 0 Å². The van der Waals surface area contributed by atoms with E-state index in [2.05, 4.69) is 15.2 Å². The fourth-order valence-electron chi connectivity index (χ4n) is 2.49. The van der Waals surface area contributed by atoms with E-state index in [1.54, 1.807) is 6.07 Å². The summed E-state index contributed by atoms with van der Waals surface area (Å²) in [6.07, 6.45) is 3.63. The minimum atomic E-state index is -0.362. The summed E-state index contributed by atoms with van der Waals surface area (Å²) < 4.78 is 0. The average Bonchev–Trinajstić information content (AvgIpc) is 2.48. The molecule has 0 spiro atoms. The van der Waals surface area contributed by atoms with Crippen molar-refractivity contribution in [3.05, 3.63) is 24.0 Å². The third-order valence-corrected chi connectivity index (χ3v) is 3.58. The molecule has 2 rings (SSSR count). The van der Waals surface area contributed by atoms with Gasteiger partial charge in [0.1, 0.15) is 5.75 Å². The van der Waals surface area contributed by atoms with Crippen LogP contribution < -0.4 is 5.32 Å². The number of carbonyl (C=O) groups excluding carboxylic acids is 1. The van der Waals surface area contributed by atoms with E-state index in [1.165, 1.54) is 12.3 Å². The van der Waals surface area contributed by atoms with Crippen LogP contribution in [0.5, 0.6) is 5.75 Å². The smallest absolute Gasteiger partial charge is 0.273 e. The second kappa shape index (κ2) is 7.21. The number of rotatable bonds is 5. The molecule has 20 heavy (non-hydrogen) atoms. The second-order valence-corrected chi connectivity index (χ2v) is 5.12. The van der Waals surface area contributed by atoms with Gasteiger partial charge in [-0.15, -0.1) is 0 Å². The molecule has 1 aliphatic rings. The molecule has 1 aliphatic heterocycles. The molecule has 1 amide bonds. The van der Waals surface area contributed by atoms with Crippen LogP contribution in [0.4, 0.5) is 0 Å². The van der Waals surface area contributed by atoms with Crippen molar-refractivity contribution in [3.63, 3.8) is 0 Å². The third kappa shape index (κ3) is 3.91. The summed E-state index contributed by atoms with van der Waals surface area (Å²) in [7, 11) is 0. The zero-order valence-electron chi connectivity index (χ0n) is 11.5. The topological polar surface area (TPSA) is 85.7 Å². The van der Waals surface area contributed by atoms with Gasteiger partial charge in [-0.05, 0) is 37.4 Å². The number of aromatic hydroxyl groups is 1. The molecule has 0 saturated carbocycles. The summed E-state index contributed by atoms with van der Waals surface area (Å²) in [4.78, 5) is 17.9. The minimum absolute atomic E-state index is 0.0550. The zero-order chi connectivity index (χ0) is 14.4. The van der Waals surface area contributed by atoms with Crippen LogP contribution in [0.1, 0.15) is 23.3 Å². The Balaban J connectivity index is 1.76. The average molecular weight is 279 g/mol. The summed E-state index contributed by atoms with van der Waals surface area (Å²) in [5.74, 6) is -0.124. The number of aromatic nitrogens is 1. The molecule has 1 aromatic rings. The zero-order valence-corrected chi connectivity index (χ0v) is 11.5. The summed E-state index contributed by atoms with van der Waals surface area (Å²) in [6, 6.07) is 3.02. The minimum Gasteiger partial charge on any atom is -0.505 e. The Bertz CT molecular complexity index is 453. The second-order valence-electron chi connectivity index (χ2n) is 5.12. The van der Waals surface area contributed by atoms with Gasteiger partial charge < -0.3 is 20.4 Å². The Kier molecular flexibility index (Phi) is 5.31. The van der Waals surface area contributed by atoms with Crippen LogP contribution in [0.15, 0.2) is 18.3 Å². The molecule has 110 valence electrons. The first-order valence-corrected chi connectivity index (χ1v) is 6.96. The number of amides is 1. The highest BCUT2D eigenvalue weighted by atomic mass is 16.3. The Morgan fingerprint density at radius 3 is 3.15 bits per heavy atom. The van der Waals surface area contributed by atoms with Gasteiger partial charge in [0.25, 0.3) is 5.91 Å². The monoisotopic (exact) mass is 279 g/mol. The first-order chi connectivity index (χ1) is 9.70. The van der Waals surface area contributed by atoms with E-state index in [9.17, 15) is 9.90 Å². The first-order valence-electron chi connectivity index (χ1n) is 6.96. The number of aliphatic hydroxyl groups is 1. The van der Waals surface area contributed by atoms with Gasteiger partial charge in [-0.2, -0.15) is 0 Å². The predicted octanol–water partition coefficient (Wildman–Crippen LogP) is 0.221. The van der Waals surface area contributed by atoms with Gasteiger partial charge in [0, 0.05) is 32.4 Å². The van der Waals surface area contributed by atoms with E-state index >= 15 is 0 Å². The Morgan fingerprint density at radius 1 is 1.55 bits per heavy atom. The van der Waals surface area contributed by atoms with Crippen LogP contribution in [0.25, 0.3) is 0 Å².